The molecule has 4 nitrogen and oxygen atoms in total. The lowest BCUT2D eigenvalue weighted by Gasteiger charge is -2.17. The third-order valence-electron chi connectivity index (χ3n) is 5.87. The molecule has 1 aliphatic rings. The highest BCUT2D eigenvalue weighted by Crippen LogP contribution is 2.47. The van der Waals surface area contributed by atoms with Gasteiger partial charge in [-0.15, -0.1) is 0 Å². The Kier molecular flexibility index (Phi) is 5.46. The van der Waals surface area contributed by atoms with Gasteiger partial charge >= 0.3 is 6.18 Å². The minimum Gasteiger partial charge on any atom is -0.347 e. The number of carbonyl (C=O) groups is 2. The Morgan fingerprint density at radius 2 is 1.44 bits per heavy atom. The molecule has 0 spiro atoms. The van der Waals surface area contributed by atoms with E-state index in [9.17, 15) is 31.5 Å². The van der Waals surface area contributed by atoms with E-state index in [1.807, 2.05) is 0 Å². The molecule has 34 heavy (non-hydrogen) atoms. The van der Waals surface area contributed by atoms with Gasteiger partial charge in [0.25, 0.3) is 11.8 Å². The SMILES string of the molecule is CC(C)=C1C(=O)N(c2cc(F)cc(F)c2)C(=O)/C1=C(\c1c(C)n(C)c2ccccc12)C(F)(F)F. The standard InChI is InChI=1S/C25H19F5N2O2/c1-12(2)19-21(24(34)32(23(19)33)16-10-14(26)9-15(27)11-16)22(25(28,29)30)20-13(3)31(4)18-8-6-5-7-17(18)20/h5-11H,1-4H3/b22-21+. The average Bonchev–Trinajstić information content (AvgIpc) is 3.12. The van der Waals surface area contributed by atoms with Gasteiger partial charge in [0.2, 0.25) is 0 Å². The van der Waals surface area contributed by atoms with Crippen LogP contribution in [-0.2, 0) is 16.6 Å². The Morgan fingerprint density at radius 3 is 2.00 bits per heavy atom. The van der Waals surface area contributed by atoms with Crippen LogP contribution in [-0.4, -0.2) is 22.6 Å². The second-order valence-corrected chi connectivity index (χ2v) is 8.23. The highest BCUT2D eigenvalue weighted by molar-refractivity contribution is 6.39. The third-order valence-corrected chi connectivity index (χ3v) is 5.87. The number of aromatic nitrogens is 1. The number of carbonyl (C=O) groups excluding carboxylic acids is 2. The predicted molar refractivity (Wildman–Crippen MR) is 118 cm³/mol. The fourth-order valence-corrected chi connectivity index (χ4v) is 4.37. The molecule has 1 aromatic heterocycles. The second-order valence-electron chi connectivity index (χ2n) is 8.23. The van der Waals surface area contributed by atoms with E-state index in [0.29, 0.717) is 16.5 Å². The Balaban J connectivity index is 2.13. The maximum atomic E-state index is 14.7. The summed E-state index contributed by atoms with van der Waals surface area (Å²) in [5.41, 5.74) is -2.37. The number of nitrogens with zero attached hydrogens (tertiary/aromatic N) is 2. The summed E-state index contributed by atoms with van der Waals surface area (Å²) in [7, 11) is 1.60. The largest absolute Gasteiger partial charge is 0.417 e. The normalized spacial score (nSPS) is 16.1. The van der Waals surface area contributed by atoms with E-state index in [-0.39, 0.29) is 22.2 Å². The number of anilines is 1. The zero-order chi connectivity index (χ0) is 25.1. The van der Waals surface area contributed by atoms with Gasteiger partial charge in [0.05, 0.1) is 22.4 Å². The molecule has 1 saturated heterocycles. The first-order valence-electron chi connectivity index (χ1n) is 10.2. The summed E-state index contributed by atoms with van der Waals surface area (Å²) in [6.45, 7) is 4.30. The number of imide groups is 1. The van der Waals surface area contributed by atoms with Gasteiger partial charge in [0.15, 0.2) is 0 Å². The third kappa shape index (κ3) is 3.52. The number of alkyl halides is 3. The molecular formula is C25H19F5N2O2. The average molecular weight is 474 g/mol. The molecule has 1 fully saturated rings. The van der Waals surface area contributed by atoms with Gasteiger partial charge in [-0.1, -0.05) is 23.8 Å². The molecule has 0 N–H and O–H groups in total. The van der Waals surface area contributed by atoms with Gasteiger partial charge in [0.1, 0.15) is 11.6 Å². The van der Waals surface area contributed by atoms with Gasteiger partial charge in [0, 0.05) is 35.3 Å². The van der Waals surface area contributed by atoms with E-state index < -0.39 is 52.0 Å². The first-order chi connectivity index (χ1) is 15.8. The van der Waals surface area contributed by atoms with Crippen LogP contribution in [0.2, 0.25) is 0 Å². The van der Waals surface area contributed by atoms with Crippen molar-refractivity contribution in [3.8, 4) is 0 Å². The minimum absolute atomic E-state index is 0.160. The molecule has 3 aromatic rings. The predicted octanol–water partition coefficient (Wildman–Crippen LogP) is 5.99. The first kappa shape index (κ1) is 23.4. The number of allylic oxidation sites excluding steroid dienone is 2. The number of rotatable bonds is 2. The van der Waals surface area contributed by atoms with Crippen LogP contribution in [0.4, 0.5) is 27.6 Å². The Hall–Kier alpha value is -3.75. The molecule has 0 unspecified atom stereocenters. The van der Waals surface area contributed by atoms with Crippen molar-refractivity contribution in [2.24, 2.45) is 7.05 Å². The summed E-state index contributed by atoms with van der Waals surface area (Å²) in [4.78, 5) is 27.0. The Bertz CT molecular complexity index is 1420. The second kappa shape index (κ2) is 7.93. The van der Waals surface area contributed by atoms with Gasteiger partial charge in [-0.25, -0.2) is 13.7 Å². The number of halogens is 5. The van der Waals surface area contributed by atoms with Crippen LogP contribution in [0.3, 0.4) is 0 Å². The number of fused-ring (bicyclic) bond motifs is 1. The lowest BCUT2D eigenvalue weighted by atomic mass is 9.91. The summed E-state index contributed by atoms with van der Waals surface area (Å²) in [6, 6.07) is 8.39. The van der Waals surface area contributed by atoms with Gasteiger partial charge in [-0.05, 0) is 39.0 Å². The van der Waals surface area contributed by atoms with Crippen molar-refractivity contribution < 1.29 is 31.5 Å². The zero-order valence-corrected chi connectivity index (χ0v) is 18.6. The summed E-state index contributed by atoms with van der Waals surface area (Å²) < 4.78 is 73.3. The number of hydrogen-bond acceptors (Lipinski definition) is 2. The van der Waals surface area contributed by atoms with Crippen molar-refractivity contribution in [2.75, 3.05) is 4.90 Å². The lowest BCUT2D eigenvalue weighted by molar-refractivity contribution is -0.120. The molecule has 9 heteroatoms. The Morgan fingerprint density at radius 1 is 0.882 bits per heavy atom. The van der Waals surface area contributed by atoms with E-state index in [1.54, 1.807) is 29.8 Å². The molecule has 2 heterocycles. The molecule has 1 aliphatic heterocycles. The van der Waals surface area contributed by atoms with Gasteiger partial charge in [-0.2, -0.15) is 13.2 Å². The van der Waals surface area contributed by atoms with Crippen LogP contribution in [0.15, 0.2) is 59.2 Å². The number of aryl methyl sites for hydroxylation is 1. The minimum atomic E-state index is -5.02. The van der Waals surface area contributed by atoms with Crippen LogP contribution in [0, 0.1) is 18.6 Å². The monoisotopic (exact) mass is 474 g/mol. The topological polar surface area (TPSA) is 42.3 Å². The fraction of sp³-hybridized carbons (Fsp3) is 0.200. The number of hydrogen-bond donors (Lipinski definition) is 0. The molecule has 0 aliphatic carbocycles. The molecule has 4 rings (SSSR count). The van der Waals surface area contributed by atoms with Crippen LogP contribution >= 0.6 is 0 Å². The van der Waals surface area contributed by atoms with Crippen molar-refractivity contribution in [1.82, 2.24) is 4.57 Å². The van der Waals surface area contributed by atoms with Crippen molar-refractivity contribution in [3.63, 3.8) is 0 Å². The quantitative estimate of drug-likeness (QED) is 0.260. The van der Waals surface area contributed by atoms with E-state index in [1.165, 1.54) is 26.8 Å². The molecule has 2 amide bonds. The fourth-order valence-electron chi connectivity index (χ4n) is 4.37. The van der Waals surface area contributed by atoms with Crippen LogP contribution in [0.1, 0.15) is 25.1 Å². The maximum absolute atomic E-state index is 14.7. The Labute approximate surface area is 191 Å². The number of para-hydroxylation sites is 1. The van der Waals surface area contributed by atoms with Crippen molar-refractivity contribution in [1.29, 1.82) is 0 Å². The summed E-state index contributed by atoms with van der Waals surface area (Å²) >= 11 is 0. The highest BCUT2D eigenvalue weighted by atomic mass is 19.4. The molecule has 176 valence electrons. The van der Waals surface area contributed by atoms with Crippen molar-refractivity contribution >= 4 is 34.0 Å². The summed E-state index contributed by atoms with van der Waals surface area (Å²) in [5, 5.41) is 0.255. The molecule has 0 atom stereocenters. The van der Waals surface area contributed by atoms with Crippen LogP contribution in [0.5, 0.6) is 0 Å². The van der Waals surface area contributed by atoms with Crippen molar-refractivity contribution in [2.45, 2.75) is 26.9 Å². The van der Waals surface area contributed by atoms with Gasteiger partial charge < -0.3 is 4.57 Å². The van der Waals surface area contributed by atoms with Crippen LogP contribution in [0.25, 0.3) is 16.5 Å². The van der Waals surface area contributed by atoms with Gasteiger partial charge in [-0.3, -0.25) is 9.59 Å². The molecule has 2 aromatic carbocycles. The smallest absolute Gasteiger partial charge is 0.347 e. The lowest BCUT2D eigenvalue weighted by Crippen LogP contribution is -2.30. The highest BCUT2D eigenvalue weighted by Gasteiger charge is 2.49. The van der Waals surface area contributed by atoms with E-state index in [2.05, 4.69) is 0 Å². The maximum Gasteiger partial charge on any atom is 0.417 e. The number of benzene rings is 2. The summed E-state index contributed by atoms with van der Waals surface area (Å²) in [5.74, 6) is -4.53. The summed E-state index contributed by atoms with van der Waals surface area (Å²) in [6.07, 6.45) is -5.02. The first-order valence-corrected chi connectivity index (χ1v) is 10.2. The molecule has 0 radical (unpaired) electrons. The van der Waals surface area contributed by atoms with E-state index in [4.69, 9.17) is 0 Å². The number of amides is 2. The molecule has 0 saturated carbocycles. The molecule has 0 bridgehead atoms. The van der Waals surface area contributed by atoms with Crippen molar-refractivity contribution in [3.05, 3.63) is 82.1 Å². The van der Waals surface area contributed by atoms with E-state index >= 15 is 0 Å². The zero-order valence-electron chi connectivity index (χ0n) is 18.6. The molecular weight excluding hydrogens is 455 g/mol. The van der Waals surface area contributed by atoms with E-state index in [0.717, 1.165) is 12.1 Å². The van der Waals surface area contributed by atoms with Crippen LogP contribution < -0.4 is 4.90 Å².